The summed E-state index contributed by atoms with van der Waals surface area (Å²) in [6.07, 6.45) is 0. The van der Waals surface area contributed by atoms with Crippen molar-refractivity contribution >= 4 is 39.3 Å². The number of nitrogens with one attached hydrogen (secondary N) is 1. The Morgan fingerprint density at radius 3 is 2.53 bits per heavy atom. The van der Waals surface area contributed by atoms with Crippen LogP contribution >= 0.6 is 27.5 Å². The number of hydrogen-bond acceptors (Lipinski definition) is 2. The molecule has 0 bridgehead atoms. The summed E-state index contributed by atoms with van der Waals surface area (Å²) >= 11 is 9.17. The van der Waals surface area contributed by atoms with Gasteiger partial charge in [0, 0.05) is 28.1 Å². The van der Waals surface area contributed by atoms with Crippen LogP contribution in [0.4, 0.5) is 0 Å². The fourth-order valence-electron chi connectivity index (χ4n) is 1.55. The topological polar surface area (TPSA) is 49.4 Å². The van der Waals surface area contributed by atoms with Gasteiger partial charge in [-0.05, 0) is 32.0 Å². The van der Waals surface area contributed by atoms with Gasteiger partial charge in [-0.25, -0.2) is 0 Å². The van der Waals surface area contributed by atoms with Crippen LogP contribution in [0.3, 0.4) is 0 Å². The van der Waals surface area contributed by atoms with Crippen LogP contribution in [0, 0.1) is 0 Å². The normalized spacial score (nSPS) is 10.4. The Kier molecular flexibility index (Phi) is 5.82. The largest absolute Gasteiger partial charge is 0.352 e. The third-order valence-corrected chi connectivity index (χ3v) is 2.96. The second-order valence-corrected chi connectivity index (χ2v) is 5.89. The summed E-state index contributed by atoms with van der Waals surface area (Å²) in [6.45, 7) is 3.75. The molecule has 0 aliphatic heterocycles. The molecule has 0 radical (unpaired) electrons. The van der Waals surface area contributed by atoms with Crippen LogP contribution in [-0.4, -0.2) is 36.3 Å². The van der Waals surface area contributed by atoms with E-state index in [2.05, 4.69) is 21.2 Å². The molecule has 0 unspecified atom stereocenters. The molecule has 0 aliphatic rings. The molecular formula is C13H16BrClN2O2. The summed E-state index contributed by atoms with van der Waals surface area (Å²) in [7, 11) is 1.58. The van der Waals surface area contributed by atoms with E-state index in [4.69, 9.17) is 11.6 Å². The molecule has 1 N–H and O–H groups in total. The molecule has 0 aromatic heterocycles. The molecule has 0 heterocycles. The van der Waals surface area contributed by atoms with Crippen molar-refractivity contribution in [3.8, 4) is 0 Å². The molecule has 1 aromatic rings. The number of amides is 2. The third kappa shape index (κ3) is 5.20. The predicted octanol–water partition coefficient (Wildman–Crippen LogP) is 2.70. The highest BCUT2D eigenvalue weighted by Gasteiger charge is 2.16. The standard InChI is InChI=1S/C13H16BrClN2O2/c1-8(2)16-12(18)7-17(3)13(19)9-4-10(14)6-11(15)5-9/h4-6,8H,7H2,1-3H3,(H,16,18). The molecule has 19 heavy (non-hydrogen) atoms. The fraction of sp³-hybridized carbons (Fsp3) is 0.385. The number of hydrogen-bond donors (Lipinski definition) is 1. The van der Waals surface area contributed by atoms with E-state index < -0.39 is 0 Å². The first-order valence-electron chi connectivity index (χ1n) is 5.80. The van der Waals surface area contributed by atoms with Gasteiger partial charge in [0.15, 0.2) is 0 Å². The summed E-state index contributed by atoms with van der Waals surface area (Å²) in [5, 5.41) is 3.20. The van der Waals surface area contributed by atoms with Crippen molar-refractivity contribution in [1.82, 2.24) is 10.2 Å². The summed E-state index contributed by atoms with van der Waals surface area (Å²) in [6, 6.07) is 5.00. The Hall–Kier alpha value is -1.07. The van der Waals surface area contributed by atoms with E-state index in [-0.39, 0.29) is 24.4 Å². The summed E-state index contributed by atoms with van der Waals surface area (Å²) in [4.78, 5) is 25.1. The molecule has 0 atom stereocenters. The molecule has 1 aromatic carbocycles. The molecule has 104 valence electrons. The molecule has 1 rings (SSSR count). The minimum Gasteiger partial charge on any atom is -0.352 e. The van der Waals surface area contributed by atoms with Gasteiger partial charge in [-0.1, -0.05) is 27.5 Å². The van der Waals surface area contributed by atoms with Crippen LogP contribution < -0.4 is 5.32 Å². The average Bonchev–Trinajstić information content (AvgIpc) is 2.25. The van der Waals surface area contributed by atoms with E-state index in [0.717, 1.165) is 4.47 Å². The van der Waals surface area contributed by atoms with Gasteiger partial charge in [0.25, 0.3) is 5.91 Å². The maximum Gasteiger partial charge on any atom is 0.254 e. The van der Waals surface area contributed by atoms with Crippen LogP contribution in [-0.2, 0) is 4.79 Å². The Balaban J connectivity index is 2.74. The molecular weight excluding hydrogens is 332 g/mol. The van der Waals surface area contributed by atoms with Crippen LogP contribution in [0.2, 0.25) is 5.02 Å². The van der Waals surface area contributed by atoms with Gasteiger partial charge in [0.1, 0.15) is 0 Å². The monoisotopic (exact) mass is 346 g/mol. The van der Waals surface area contributed by atoms with Crippen molar-refractivity contribution in [3.05, 3.63) is 33.3 Å². The Bertz CT molecular complexity index is 471. The lowest BCUT2D eigenvalue weighted by molar-refractivity contribution is -0.122. The number of carbonyl (C=O) groups excluding carboxylic acids is 2. The molecule has 0 saturated heterocycles. The zero-order valence-electron chi connectivity index (χ0n) is 11.0. The fourth-order valence-corrected chi connectivity index (χ4v) is 2.41. The van der Waals surface area contributed by atoms with Gasteiger partial charge < -0.3 is 10.2 Å². The Morgan fingerprint density at radius 1 is 1.37 bits per heavy atom. The summed E-state index contributed by atoms with van der Waals surface area (Å²) in [5.74, 6) is -0.436. The number of benzene rings is 1. The average molecular weight is 348 g/mol. The maximum absolute atomic E-state index is 12.1. The molecule has 0 fully saturated rings. The van der Waals surface area contributed by atoms with E-state index in [1.165, 1.54) is 4.90 Å². The van der Waals surface area contributed by atoms with Crippen molar-refractivity contribution in [2.75, 3.05) is 13.6 Å². The van der Waals surface area contributed by atoms with Crippen LogP contribution in [0.25, 0.3) is 0 Å². The van der Waals surface area contributed by atoms with Gasteiger partial charge >= 0.3 is 0 Å². The molecule has 0 spiro atoms. The number of nitrogens with zero attached hydrogens (tertiary/aromatic N) is 1. The lowest BCUT2D eigenvalue weighted by Gasteiger charge is -2.18. The van der Waals surface area contributed by atoms with Gasteiger partial charge in [0.2, 0.25) is 5.91 Å². The molecule has 0 aliphatic carbocycles. The van der Waals surface area contributed by atoms with E-state index in [0.29, 0.717) is 10.6 Å². The van der Waals surface area contributed by atoms with Crippen molar-refractivity contribution in [3.63, 3.8) is 0 Å². The van der Waals surface area contributed by atoms with E-state index in [9.17, 15) is 9.59 Å². The van der Waals surface area contributed by atoms with E-state index >= 15 is 0 Å². The summed E-state index contributed by atoms with van der Waals surface area (Å²) in [5.41, 5.74) is 0.444. The van der Waals surface area contributed by atoms with E-state index in [1.807, 2.05) is 13.8 Å². The van der Waals surface area contributed by atoms with Crippen molar-refractivity contribution in [2.45, 2.75) is 19.9 Å². The highest BCUT2D eigenvalue weighted by atomic mass is 79.9. The molecule has 0 saturated carbocycles. The highest BCUT2D eigenvalue weighted by molar-refractivity contribution is 9.10. The molecule has 6 heteroatoms. The second kappa shape index (κ2) is 6.91. The zero-order valence-corrected chi connectivity index (χ0v) is 13.4. The Labute approximate surface area is 126 Å². The van der Waals surface area contributed by atoms with Crippen molar-refractivity contribution in [1.29, 1.82) is 0 Å². The molecule has 2 amide bonds. The number of halogens is 2. The zero-order chi connectivity index (χ0) is 14.6. The second-order valence-electron chi connectivity index (χ2n) is 4.54. The highest BCUT2D eigenvalue weighted by Crippen LogP contribution is 2.20. The summed E-state index contributed by atoms with van der Waals surface area (Å²) < 4.78 is 0.725. The third-order valence-electron chi connectivity index (χ3n) is 2.29. The first kappa shape index (κ1) is 16.0. The lowest BCUT2D eigenvalue weighted by Crippen LogP contribution is -2.40. The minimum absolute atomic E-state index is 0.0150. The van der Waals surface area contributed by atoms with Crippen LogP contribution in [0.15, 0.2) is 22.7 Å². The van der Waals surface area contributed by atoms with Crippen molar-refractivity contribution in [2.24, 2.45) is 0 Å². The quantitative estimate of drug-likeness (QED) is 0.910. The van der Waals surface area contributed by atoms with Gasteiger partial charge in [-0.2, -0.15) is 0 Å². The van der Waals surface area contributed by atoms with Crippen LogP contribution in [0.1, 0.15) is 24.2 Å². The van der Waals surface area contributed by atoms with Gasteiger partial charge in [-0.3, -0.25) is 9.59 Å². The van der Waals surface area contributed by atoms with Gasteiger partial charge in [-0.15, -0.1) is 0 Å². The number of carbonyl (C=O) groups is 2. The predicted molar refractivity (Wildman–Crippen MR) is 79.4 cm³/mol. The maximum atomic E-state index is 12.1. The number of rotatable bonds is 4. The first-order valence-corrected chi connectivity index (χ1v) is 6.97. The SMILES string of the molecule is CC(C)NC(=O)CN(C)C(=O)c1cc(Cl)cc(Br)c1. The Morgan fingerprint density at radius 2 is 2.00 bits per heavy atom. The van der Waals surface area contributed by atoms with Gasteiger partial charge in [0.05, 0.1) is 6.54 Å². The van der Waals surface area contributed by atoms with E-state index in [1.54, 1.807) is 25.2 Å². The lowest BCUT2D eigenvalue weighted by atomic mass is 10.2. The van der Waals surface area contributed by atoms with Crippen LogP contribution in [0.5, 0.6) is 0 Å². The first-order chi connectivity index (χ1) is 8.79. The molecule has 4 nitrogen and oxygen atoms in total. The number of likely N-dealkylation sites (N-methyl/N-ethyl adjacent to an activating group) is 1. The van der Waals surface area contributed by atoms with Crippen molar-refractivity contribution < 1.29 is 9.59 Å². The minimum atomic E-state index is -0.248. The smallest absolute Gasteiger partial charge is 0.254 e.